The van der Waals surface area contributed by atoms with Crippen LogP contribution < -0.4 is 74.5 Å². The smallest absolute Gasteiger partial charge is 0.491 e. The molecule has 0 bridgehead atoms. The molecule has 0 radical (unpaired) electrons. The van der Waals surface area contributed by atoms with Crippen LogP contribution in [0.15, 0.2) is 24.3 Å². The third-order valence-electron chi connectivity index (χ3n) is 2.85. The molecule has 1 aromatic carbocycles. The minimum absolute atomic E-state index is 0. The van der Waals surface area contributed by atoms with Gasteiger partial charge in [0.2, 0.25) is 0 Å². The second kappa shape index (κ2) is 7.82. The van der Waals surface area contributed by atoms with Crippen molar-refractivity contribution in [1.82, 2.24) is 10.6 Å². The number of carbonyl (C=O) groups excluding carboxylic acids is 2. The molecule has 0 aromatic heterocycles. The van der Waals surface area contributed by atoms with Crippen LogP contribution in [0.3, 0.4) is 0 Å². The molecule has 0 aliphatic carbocycles. The molecule has 3 amide bonds. The van der Waals surface area contributed by atoms with Gasteiger partial charge in [-0.2, -0.15) is 0 Å². The molecule has 0 spiro atoms. The predicted octanol–water partition coefficient (Wildman–Crippen LogP) is -4.46. The SMILES string of the molecule is CC(C)Oc1ccc(C2(C)NC(=O)NC2=O)cc1.[Na+].[Na+]. The third kappa shape index (κ3) is 4.23. The average Bonchev–Trinajstić information content (AvgIpc) is 2.53. The van der Waals surface area contributed by atoms with Crippen molar-refractivity contribution in [2.24, 2.45) is 0 Å². The molecular formula is C13H16N2Na2O3+2. The fourth-order valence-electron chi connectivity index (χ4n) is 1.89. The Hall–Kier alpha value is -0.0400. The Balaban J connectivity index is 0.00000180. The van der Waals surface area contributed by atoms with Crippen molar-refractivity contribution in [2.45, 2.75) is 32.4 Å². The zero-order valence-electron chi connectivity index (χ0n) is 12.6. The molecule has 1 aliphatic rings. The molecule has 1 saturated heterocycles. The molecule has 1 aliphatic heterocycles. The van der Waals surface area contributed by atoms with Gasteiger partial charge in [0.1, 0.15) is 11.3 Å². The fraction of sp³-hybridized carbons (Fsp3) is 0.385. The van der Waals surface area contributed by atoms with Crippen molar-refractivity contribution in [3.8, 4) is 5.75 Å². The Morgan fingerprint density at radius 3 is 2.05 bits per heavy atom. The van der Waals surface area contributed by atoms with E-state index in [0.29, 0.717) is 0 Å². The van der Waals surface area contributed by atoms with E-state index in [1.54, 1.807) is 31.2 Å². The monoisotopic (exact) mass is 294 g/mol. The number of urea groups is 1. The number of ether oxygens (including phenoxy) is 1. The van der Waals surface area contributed by atoms with E-state index in [2.05, 4.69) is 10.6 Å². The van der Waals surface area contributed by atoms with Crippen LogP contribution in [0.1, 0.15) is 26.3 Å². The van der Waals surface area contributed by atoms with Crippen molar-refractivity contribution in [1.29, 1.82) is 0 Å². The molecule has 7 heteroatoms. The normalized spacial score (nSPS) is 20.6. The molecule has 1 atom stereocenters. The second-order valence-corrected chi connectivity index (χ2v) is 4.72. The van der Waals surface area contributed by atoms with Gasteiger partial charge in [-0.15, -0.1) is 0 Å². The van der Waals surface area contributed by atoms with Crippen LogP contribution in [-0.2, 0) is 10.3 Å². The minimum atomic E-state index is -1.01. The van der Waals surface area contributed by atoms with Crippen LogP contribution in [0.5, 0.6) is 5.75 Å². The topological polar surface area (TPSA) is 67.4 Å². The van der Waals surface area contributed by atoms with E-state index in [1.807, 2.05) is 13.8 Å². The molecule has 1 unspecified atom stereocenters. The summed E-state index contributed by atoms with van der Waals surface area (Å²) in [4.78, 5) is 22.9. The van der Waals surface area contributed by atoms with Crippen LogP contribution >= 0.6 is 0 Å². The molecule has 5 nitrogen and oxygen atoms in total. The quantitative estimate of drug-likeness (QED) is 0.436. The zero-order chi connectivity index (χ0) is 13.3. The first-order chi connectivity index (χ1) is 8.41. The summed E-state index contributed by atoms with van der Waals surface area (Å²) in [5.41, 5.74) is -0.282. The van der Waals surface area contributed by atoms with Gasteiger partial charge in [-0.05, 0) is 38.5 Å². The van der Waals surface area contributed by atoms with Crippen LogP contribution in [0.4, 0.5) is 4.79 Å². The standard InChI is InChI=1S/C13H16N2O3.2Na/c1-8(2)18-10-6-4-9(5-7-10)13(3)11(16)14-12(17)15-13;;/h4-8H,1-3H3,(H2,14,15,16,17);;/q;2*+1. The summed E-state index contributed by atoms with van der Waals surface area (Å²) in [5.74, 6) is 0.395. The maximum Gasteiger partial charge on any atom is 1.00 e. The predicted molar refractivity (Wildman–Crippen MR) is 66.2 cm³/mol. The van der Waals surface area contributed by atoms with Gasteiger partial charge < -0.3 is 10.1 Å². The summed E-state index contributed by atoms with van der Waals surface area (Å²) in [6.07, 6.45) is 0.0981. The maximum atomic E-state index is 11.7. The number of amides is 3. The summed E-state index contributed by atoms with van der Waals surface area (Å²) in [5, 5.41) is 4.85. The number of hydrogen-bond acceptors (Lipinski definition) is 3. The fourth-order valence-corrected chi connectivity index (χ4v) is 1.89. The molecule has 0 saturated carbocycles. The molecule has 2 rings (SSSR count). The van der Waals surface area contributed by atoms with E-state index in [0.717, 1.165) is 11.3 Å². The first-order valence-electron chi connectivity index (χ1n) is 5.82. The van der Waals surface area contributed by atoms with Gasteiger partial charge >= 0.3 is 65.1 Å². The van der Waals surface area contributed by atoms with Crippen LogP contribution in [-0.4, -0.2) is 18.0 Å². The van der Waals surface area contributed by atoms with E-state index in [9.17, 15) is 9.59 Å². The molecule has 2 N–H and O–H groups in total. The van der Waals surface area contributed by atoms with E-state index >= 15 is 0 Å². The van der Waals surface area contributed by atoms with Gasteiger partial charge in [0.25, 0.3) is 5.91 Å². The summed E-state index contributed by atoms with van der Waals surface area (Å²) in [6, 6.07) is 6.67. The number of benzene rings is 1. The second-order valence-electron chi connectivity index (χ2n) is 4.72. The van der Waals surface area contributed by atoms with Crippen molar-refractivity contribution in [3.05, 3.63) is 29.8 Å². The number of rotatable bonds is 3. The molecule has 96 valence electrons. The Kier molecular flexibility index (Phi) is 7.81. The molecule has 1 fully saturated rings. The molecular weight excluding hydrogens is 278 g/mol. The number of nitrogens with one attached hydrogen (secondary N) is 2. The van der Waals surface area contributed by atoms with E-state index in [4.69, 9.17) is 4.74 Å². The van der Waals surface area contributed by atoms with E-state index in [-0.39, 0.29) is 71.1 Å². The van der Waals surface area contributed by atoms with Gasteiger partial charge in [-0.1, -0.05) is 12.1 Å². The first kappa shape index (κ1) is 20.0. The van der Waals surface area contributed by atoms with Crippen molar-refractivity contribution in [2.75, 3.05) is 0 Å². The zero-order valence-corrected chi connectivity index (χ0v) is 16.6. The largest absolute Gasteiger partial charge is 1.00 e. The van der Waals surface area contributed by atoms with E-state index in [1.165, 1.54) is 0 Å². The Morgan fingerprint density at radius 2 is 1.65 bits per heavy atom. The molecule has 1 aromatic rings. The average molecular weight is 294 g/mol. The van der Waals surface area contributed by atoms with Gasteiger partial charge in [0, 0.05) is 0 Å². The summed E-state index contributed by atoms with van der Waals surface area (Å²) in [7, 11) is 0. The van der Waals surface area contributed by atoms with Crippen molar-refractivity contribution < 1.29 is 73.4 Å². The van der Waals surface area contributed by atoms with Gasteiger partial charge in [-0.3, -0.25) is 10.1 Å². The van der Waals surface area contributed by atoms with E-state index < -0.39 is 11.6 Å². The number of hydrogen-bond donors (Lipinski definition) is 2. The Labute approximate surface area is 162 Å². The Morgan fingerprint density at radius 1 is 1.10 bits per heavy atom. The van der Waals surface area contributed by atoms with Gasteiger partial charge in [0.05, 0.1) is 6.10 Å². The number of carbonyl (C=O) groups is 2. The summed E-state index contributed by atoms with van der Waals surface area (Å²) >= 11 is 0. The van der Waals surface area contributed by atoms with Crippen LogP contribution in [0, 0.1) is 0 Å². The van der Waals surface area contributed by atoms with Crippen LogP contribution in [0.2, 0.25) is 0 Å². The van der Waals surface area contributed by atoms with Gasteiger partial charge in [0.15, 0.2) is 0 Å². The first-order valence-corrected chi connectivity index (χ1v) is 5.82. The van der Waals surface area contributed by atoms with Crippen LogP contribution in [0.25, 0.3) is 0 Å². The van der Waals surface area contributed by atoms with Crippen molar-refractivity contribution >= 4 is 11.9 Å². The minimum Gasteiger partial charge on any atom is -0.491 e. The van der Waals surface area contributed by atoms with Crippen molar-refractivity contribution in [3.63, 3.8) is 0 Å². The number of imide groups is 1. The summed E-state index contributed by atoms with van der Waals surface area (Å²) in [6.45, 7) is 5.56. The molecule has 1 heterocycles. The maximum absolute atomic E-state index is 11.7. The Bertz CT molecular complexity index is 491. The third-order valence-corrected chi connectivity index (χ3v) is 2.85. The molecule has 20 heavy (non-hydrogen) atoms. The summed E-state index contributed by atoms with van der Waals surface area (Å²) < 4.78 is 5.52. The van der Waals surface area contributed by atoms with Gasteiger partial charge in [-0.25, -0.2) is 4.79 Å².